The highest BCUT2D eigenvalue weighted by molar-refractivity contribution is 7.91. The van der Waals surface area contributed by atoms with Crippen LogP contribution in [0.5, 0.6) is 0 Å². The molecule has 1 aliphatic heterocycles. The molecule has 0 saturated carbocycles. The van der Waals surface area contributed by atoms with Crippen molar-refractivity contribution in [2.24, 2.45) is 5.92 Å². The molecule has 0 spiro atoms. The lowest BCUT2D eigenvalue weighted by atomic mass is 10.1. The standard InChI is InChI=1S/C19H23N3O3S/c23-19(21-13-16-10-12-26(24,25)14-16)22-18-8-5-15(6-9-18)4-7-17-3-1-2-11-20-17/h1-3,5-6,8-9,11,16H,4,7,10,12-14H2,(H2,21,22,23)/t16-/m1/s1. The fourth-order valence-electron chi connectivity index (χ4n) is 3.02. The minimum Gasteiger partial charge on any atom is -0.338 e. The summed E-state index contributed by atoms with van der Waals surface area (Å²) in [4.78, 5) is 16.3. The largest absolute Gasteiger partial charge is 0.338 e. The predicted octanol–water partition coefficient (Wildman–Crippen LogP) is 2.42. The molecule has 0 radical (unpaired) electrons. The van der Waals surface area contributed by atoms with E-state index >= 15 is 0 Å². The Labute approximate surface area is 154 Å². The molecule has 1 saturated heterocycles. The topological polar surface area (TPSA) is 88.2 Å². The van der Waals surface area contributed by atoms with E-state index in [9.17, 15) is 13.2 Å². The van der Waals surface area contributed by atoms with Gasteiger partial charge in [0.05, 0.1) is 11.5 Å². The van der Waals surface area contributed by atoms with Crippen LogP contribution in [0, 0.1) is 5.92 Å². The number of nitrogens with one attached hydrogen (secondary N) is 2. The first-order chi connectivity index (χ1) is 12.5. The number of aryl methyl sites for hydroxylation is 2. The maximum atomic E-state index is 11.9. The van der Waals surface area contributed by atoms with Crippen LogP contribution in [0.25, 0.3) is 0 Å². The number of sulfone groups is 1. The number of carbonyl (C=O) groups excluding carboxylic acids is 1. The third-order valence-electron chi connectivity index (χ3n) is 4.49. The summed E-state index contributed by atoms with van der Waals surface area (Å²) >= 11 is 0. The second-order valence-corrected chi connectivity index (χ2v) is 8.85. The molecule has 1 fully saturated rings. The molecule has 2 N–H and O–H groups in total. The van der Waals surface area contributed by atoms with Gasteiger partial charge in [-0.25, -0.2) is 13.2 Å². The second-order valence-electron chi connectivity index (χ2n) is 6.62. The van der Waals surface area contributed by atoms with Crippen LogP contribution in [0.4, 0.5) is 10.5 Å². The quantitative estimate of drug-likeness (QED) is 0.814. The van der Waals surface area contributed by atoms with Crippen LogP contribution in [0.15, 0.2) is 48.7 Å². The highest BCUT2D eigenvalue weighted by Crippen LogP contribution is 2.17. The van der Waals surface area contributed by atoms with Gasteiger partial charge in [0.1, 0.15) is 0 Å². The monoisotopic (exact) mass is 373 g/mol. The molecule has 0 bridgehead atoms. The number of nitrogens with zero attached hydrogens (tertiary/aromatic N) is 1. The van der Waals surface area contributed by atoms with Crippen molar-refractivity contribution < 1.29 is 13.2 Å². The summed E-state index contributed by atoms with van der Waals surface area (Å²) in [6.07, 6.45) is 4.17. The number of benzene rings is 1. The van der Waals surface area contributed by atoms with Crippen molar-refractivity contribution in [3.63, 3.8) is 0 Å². The Morgan fingerprint density at radius 3 is 2.58 bits per heavy atom. The predicted molar refractivity (Wildman–Crippen MR) is 102 cm³/mol. The summed E-state index contributed by atoms with van der Waals surface area (Å²) in [5, 5.41) is 5.53. The molecule has 2 aromatic rings. The van der Waals surface area contributed by atoms with Crippen LogP contribution >= 0.6 is 0 Å². The van der Waals surface area contributed by atoms with Crippen LogP contribution < -0.4 is 10.6 Å². The average molecular weight is 373 g/mol. The first-order valence-electron chi connectivity index (χ1n) is 8.74. The third kappa shape index (κ3) is 5.56. The number of pyridine rings is 1. The molecule has 1 aromatic carbocycles. The van der Waals surface area contributed by atoms with Gasteiger partial charge >= 0.3 is 6.03 Å². The molecule has 1 atom stereocenters. The van der Waals surface area contributed by atoms with Crippen LogP contribution in [0.1, 0.15) is 17.7 Å². The molecule has 1 aromatic heterocycles. The molecule has 138 valence electrons. The van der Waals surface area contributed by atoms with Crippen molar-refractivity contribution in [2.45, 2.75) is 19.3 Å². The van der Waals surface area contributed by atoms with Gasteiger partial charge in [0.2, 0.25) is 0 Å². The first-order valence-corrected chi connectivity index (χ1v) is 10.6. The maximum Gasteiger partial charge on any atom is 0.319 e. The van der Waals surface area contributed by atoms with Crippen molar-refractivity contribution in [2.75, 3.05) is 23.4 Å². The Morgan fingerprint density at radius 1 is 1.12 bits per heavy atom. The zero-order chi connectivity index (χ0) is 18.4. The van der Waals surface area contributed by atoms with E-state index < -0.39 is 9.84 Å². The van der Waals surface area contributed by atoms with Gasteiger partial charge in [-0.3, -0.25) is 4.98 Å². The van der Waals surface area contributed by atoms with Crippen molar-refractivity contribution in [3.05, 3.63) is 59.9 Å². The highest BCUT2D eigenvalue weighted by Gasteiger charge is 2.27. The van der Waals surface area contributed by atoms with Crippen LogP contribution in [0.3, 0.4) is 0 Å². The molecule has 6 nitrogen and oxygen atoms in total. The van der Waals surface area contributed by atoms with Crippen molar-refractivity contribution in [1.82, 2.24) is 10.3 Å². The minimum atomic E-state index is -2.91. The number of aromatic nitrogens is 1. The molecule has 3 rings (SSSR count). The van der Waals surface area contributed by atoms with Crippen molar-refractivity contribution >= 4 is 21.6 Å². The maximum absolute atomic E-state index is 11.9. The molecule has 26 heavy (non-hydrogen) atoms. The summed E-state index contributed by atoms with van der Waals surface area (Å²) < 4.78 is 22.8. The SMILES string of the molecule is O=C(NC[C@H]1CCS(=O)(=O)C1)Nc1ccc(CCc2ccccn2)cc1. The van der Waals surface area contributed by atoms with Crippen LogP contribution in [0.2, 0.25) is 0 Å². The van der Waals surface area contributed by atoms with Crippen LogP contribution in [-0.4, -0.2) is 37.5 Å². The van der Waals surface area contributed by atoms with E-state index in [1.165, 1.54) is 5.56 Å². The van der Waals surface area contributed by atoms with Crippen LogP contribution in [-0.2, 0) is 22.7 Å². The van der Waals surface area contributed by atoms with E-state index in [0.29, 0.717) is 18.7 Å². The fraction of sp³-hybridized carbons (Fsp3) is 0.368. The van der Waals surface area contributed by atoms with Gasteiger partial charge in [-0.2, -0.15) is 0 Å². The smallest absolute Gasteiger partial charge is 0.319 e. The highest BCUT2D eigenvalue weighted by atomic mass is 32.2. The molecule has 7 heteroatoms. The molecule has 2 amide bonds. The van der Waals surface area contributed by atoms with E-state index in [4.69, 9.17) is 0 Å². The Morgan fingerprint density at radius 2 is 1.92 bits per heavy atom. The molecule has 0 aliphatic carbocycles. The van der Waals surface area contributed by atoms with Gasteiger partial charge in [0, 0.05) is 24.1 Å². The lowest BCUT2D eigenvalue weighted by molar-refractivity contribution is 0.250. The number of anilines is 1. The van der Waals surface area contributed by atoms with Gasteiger partial charge in [0.15, 0.2) is 9.84 Å². The summed E-state index contributed by atoms with van der Waals surface area (Å²) in [5.41, 5.74) is 2.95. The normalized spacial score (nSPS) is 18.4. The van der Waals surface area contributed by atoms with E-state index in [0.717, 1.165) is 18.5 Å². The number of amides is 2. The van der Waals surface area contributed by atoms with Crippen molar-refractivity contribution in [3.8, 4) is 0 Å². The zero-order valence-corrected chi connectivity index (χ0v) is 15.3. The number of urea groups is 1. The van der Waals surface area contributed by atoms with Gasteiger partial charge in [-0.15, -0.1) is 0 Å². The minimum absolute atomic E-state index is 0.0136. The van der Waals surface area contributed by atoms with Gasteiger partial charge in [-0.1, -0.05) is 18.2 Å². The number of rotatable bonds is 6. The number of carbonyl (C=O) groups is 1. The van der Waals surface area contributed by atoms with E-state index in [2.05, 4.69) is 15.6 Å². The summed E-state index contributed by atoms with van der Waals surface area (Å²) in [6.45, 7) is 0.382. The van der Waals surface area contributed by atoms with E-state index in [-0.39, 0.29) is 23.5 Å². The fourth-order valence-corrected chi connectivity index (χ4v) is 4.88. The van der Waals surface area contributed by atoms with E-state index in [1.54, 1.807) is 6.20 Å². The van der Waals surface area contributed by atoms with Gasteiger partial charge in [0.25, 0.3) is 0 Å². The Kier molecular flexibility index (Phi) is 5.88. The molecular weight excluding hydrogens is 350 g/mol. The summed E-state index contributed by atoms with van der Waals surface area (Å²) in [6, 6.07) is 13.3. The third-order valence-corrected chi connectivity index (χ3v) is 6.32. The first kappa shape index (κ1) is 18.4. The lowest BCUT2D eigenvalue weighted by Gasteiger charge is -2.11. The zero-order valence-electron chi connectivity index (χ0n) is 14.5. The van der Waals surface area contributed by atoms with E-state index in [1.807, 2.05) is 42.5 Å². The Hall–Kier alpha value is -2.41. The molecular formula is C19H23N3O3S. The Bertz CT molecular complexity index is 836. The number of hydrogen-bond donors (Lipinski definition) is 2. The molecule has 2 heterocycles. The van der Waals surface area contributed by atoms with Gasteiger partial charge in [-0.05, 0) is 55.0 Å². The average Bonchev–Trinajstić information content (AvgIpc) is 2.99. The summed E-state index contributed by atoms with van der Waals surface area (Å²) in [5.74, 6) is 0.402. The second kappa shape index (κ2) is 8.31. The molecule has 0 unspecified atom stereocenters. The Balaban J connectivity index is 1.42. The number of hydrogen-bond acceptors (Lipinski definition) is 4. The summed E-state index contributed by atoms with van der Waals surface area (Å²) in [7, 11) is -2.91. The lowest BCUT2D eigenvalue weighted by Crippen LogP contribution is -2.33. The molecule has 1 aliphatic rings. The van der Waals surface area contributed by atoms with Gasteiger partial charge < -0.3 is 10.6 Å². The van der Waals surface area contributed by atoms with Crippen molar-refractivity contribution in [1.29, 1.82) is 0 Å².